The molecule has 0 saturated carbocycles. The number of terminal acetylenes is 1. The molecule has 5 heterocycles. The van der Waals surface area contributed by atoms with Crippen LogP contribution < -0.4 is 14.4 Å². The van der Waals surface area contributed by atoms with Crippen molar-refractivity contribution < 1.29 is 32.5 Å². The van der Waals surface area contributed by atoms with Crippen LogP contribution in [0.15, 0.2) is 48.6 Å². The van der Waals surface area contributed by atoms with E-state index < -0.39 is 17.2 Å². The van der Waals surface area contributed by atoms with Crippen molar-refractivity contribution in [1.29, 1.82) is 0 Å². The zero-order chi connectivity index (χ0) is 37.9. The molecule has 3 aromatic carbocycles. The van der Waals surface area contributed by atoms with E-state index in [1.54, 1.807) is 24.3 Å². The summed E-state index contributed by atoms with van der Waals surface area (Å²) in [5.74, 6) is 1.70. The Morgan fingerprint density at radius 1 is 1.11 bits per heavy atom. The number of nitrogens with zero attached hydrogens (tertiary/aromatic N) is 5. The second-order valence-electron chi connectivity index (χ2n) is 16.0. The molecular formula is C42H45F2N5O5. The van der Waals surface area contributed by atoms with Gasteiger partial charge in [0.1, 0.15) is 35.1 Å². The molecule has 0 N–H and O–H groups in total. The lowest BCUT2D eigenvalue weighted by atomic mass is 9.93. The molecule has 1 aromatic heterocycles. The van der Waals surface area contributed by atoms with Crippen LogP contribution >= 0.6 is 0 Å². The van der Waals surface area contributed by atoms with Gasteiger partial charge in [-0.05, 0) is 89.1 Å². The highest BCUT2D eigenvalue weighted by Gasteiger charge is 2.47. The van der Waals surface area contributed by atoms with Crippen LogP contribution in [0.1, 0.15) is 58.4 Å². The first-order valence-corrected chi connectivity index (χ1v) is 18.5. The average molecular weight is 738 g/mol. The molecule has 54 heavy (non-hydrogen) atoms. The quantitative estimate of drug-likeness (QED) is 0.104. The van der Waals surface area contributed by atoms with Crippen LogP contribution in [0.3, 0.4) is 0 Å². The minimum Gasteiger partial charge on any atom is -0.468 e. The molecule has 8 rings (SSSR count). The van der Waals surface area contributed by atoms with Crippen molar-refractivity contribution in [3.63, 3.8) is 0 Å². The number of anilines is 1. The van der Waals surface area contributed by atoms with Gasteiger partial charge in [-0.25, -0.2) is 13.6 Å². The third-order valence-corrected chi connectivity index (χ3v) is 11.2. The molecule has 4 saturated heterocycles. The molecule has 1 unspecified atom stereocenters. The van der Waals surface area contributed by atoms with Crippen LogP contribution in [0.2, 0.25) is 0 Å². The highest BCUT2D eigenvalue weighted by atomic mass is 19.1. The van der Waals surface area contributed by atoms with Crippen molar-refractivity contribution in [2.24, 2.45) is 0 Å². The first-order valence-electron chi connectivity index (χ1n) is 18.5. The van der Waals surface area contributed by atoms with Gasteiger partial charge in [0.15, 0.2) is 12.6 Å². The molecule has 2 bridgehead atoms. The van der Waals surface area contributed by atoms with E-state index in [-0.39, 0.29) is 58.5 Å². The van der Waals surface area contributed by atoms with Gasteiger partial charge in [-0.15, -0.1) is 6.42 Å². The molecule has 10 nitrogen and oxygen atoms in total. The number of piperazine rings is 1. The predicted molar refractivity (Wildman–Crippen MR) is 203 cm³/mol. The molecule has 4 fully saturated rings. The molecule has 4 aliphatic heterocycles. The maximum atomic E-state index is 17.4. The summed E-state index contributed by atoms with van der Waals surface area (Å²) in [5, 5.41) is 1.36. The normalized spacial score (nSPS) is 22.6. The van der Waals surface area contributed by atoms with Gasteiger partial charge in [-0.2, -0.15) is 9.97 Å². The van der Waals surface area contributed by atoms with E-state index in [4.69, 9.17) is 30.4 Å². The molecule has 3 atom stereocenters. The largest absolute Gasteiger partial charge is 0.468 e. The smallest absolute Gasteiger partial charge is 0.410 e. The summed E-state index contributed by atoms with van der Waals surface area (Å²) in [4.78, 5) is 29.0. The molecule has 4 aromatic rings. The number of benzene rings is 3. The molecular weight excluding hydrogens is 692 g/mol. The number of amides is 1. The van der Waals surface area contributed by atoms with Crippen molar-refractivity contribution >= 4 is 33.6 Å². The number of carbonyl (C=O) groups excluding carboxylic acids is 1. The number of ether oxygens (including phenoxy) is 4. The van der Waals surface area contributed by atoms with Crippen molar-refractivity contribution in [3.05, 3.63) is 65.7 Å². The molecule has 0 spiro atoms. The van der Waals surface area contributed by atoms with Crippen molar-refractivity contribution in [3.8, 4) is 35.2 Å². The number of methoxy groups -OCH3 is 1. The summed E-state index contributed by atoms with van der Waals surface area (Å²) in [7, 11) is 1.49. The zero-order valence-electron chi connectivity index (χ0n) is 31.2. The van der Waals surface area contributed by atoms with E-state index in [1.165, 1.54) is 13.2 Å². The van der Waals surface area contributed by atoms with Crippen LogP contribution in [0.4, 0.5) is 19.4 Å². The minimum atomic E-state index is -0.874. The van der Waals surface area contributed by atoms with Crippen LogP contribution in [0, 0.1) is 24.0 Å². The van der Waals surface area contributed by atoms with Gasteiger partial charge in [0.2, 0.25) is 0 Å². The summed E-state index contributed by atoms with van der Waals surface area (Å²) in [5.41, 5.74) is 0.600. The van der Waals surface area contributed by atoms with E-state index >= 15 is 8.78 Å². The Bertz CT molecular complexity index is 2200. The van der Waals surface area contributed by atoms with Crippen LogP contribution in [0.5, 0.6) is 11.8 Å². The highest BCUT2D eigenvalue weighted by Crippen LogP contribution is 2.44. The lowest BCUT2D eigenvalue weighted by Gasteiger charge is -2.42. The summed E-state index contributed by atoms with van der Waals surface area (Å²) >= 11 is 0. The second-order valence-corrected chi connectivity index (χ2v) is 16.0. The Morgan fingerprint density at radius 3 is 2.61 bits per heavy atom. The van der Waals surface area contributed by atoms with Crippen LogP contribution in [0.25, 0.3) is 32.8 Å². The van der Waals surface area contributed by atoms with Gasteiger partial charge in [-0.1, -0.05) is 30.2 Å². The molecule has 0 aliphatic carbocycles. The standard InChI is InChI=1S/C42H45F2N5O5/c1-7-26-10-8-11-27-16-30(53-24-51-6)17-31(34(26)27)35-33(43)18-32-37(36(35)44)45-39(52-23-42-14-9-15-48(42)20-25(2)19-42)46-38(32)47-21-28-12-13-29(22-47)49(28)40(50)54-41(3,4)5/h1,8,10-11,16-18,28-29H,2,9,12-15,19-24H2,3-6H3/t28-,29+,42?. The monoisotopic (exact) mass is 737 g/mol. The number of hydrogen-bond acceptors (Lipinski definition) is 9. The Kier molecular flexibility index (Phi) is 9.13. The summed E-state index contributed by atoms with van der Waals surface area (Å²) in [6.45, 7) is 12.6. The first kappa shape index (κ1) is 36.0. The zero-order valence-corrected chi connectivity index (χ0v) is 31.2. The van der Waals surface area contributed by atoms with Crippen LogP contribution in [-0.2, 0) is 9.47 Å². The van der Waals surface area contributed by atoms with Gasteiger partial charge in [0, 0.05) is 48.6 Å². The molecule has 0 radical (unpaired) electrons. The molecule has 1 amide bonds. The van der Waals surface area contributed by atoms with Crippen molar-refractivity contribution in [1.82, 2.24) is 19.8 Å². The lowest BCUT2D eigenvalue weighted by molar-refractivity contribution is 0.0122. The van der Waals surface area contributed by atoms with Gasteiger partial charge in [0.25, 0.3) is 0 Å². The number of rotatable bonds is 8. The number of fused-ring (bicyclic) bond motifs is 5. The third-order valence-electron chi connectivity index (χ3n) is 11.2. The fourth-order valence-electron chi connectivity index (χ4n) is 8.97. The number of carbonyl (C=O) groups is 1. The second kappa shape index (κ2) is 13.7. The van der Waals surface area contributed by atoms with Gasteiger partial charge < -0.3 is 23.8 Å². The van der Waals surface area contributed by atoms with Crippen LogP contribution in [-0.4, -0.2) is 95.8 Å². The average Bonchev–Trinajstić information content (AvgIpc) is 3.75. The van der Waals surface area contributed by atoms with E-state index in [0.717, 1.165) is 50.8 Å². The molecule has 282 valence electrons. The Balaban J connectivity index is 1.26. The van der Waals surface area contributed by atoms with E-state index in [9.17, 15) is 4.79 Å². The fourth-order valence-corrected chi connectivity index (χ4v) is 8.97. The van der Waals surface area contributed by atoms with E-state index in [0.29, 0.717) is 47.6 Å². The topological polar surface area (TPSA) is 89.5 Å². The number of halogens is 2. The van der Waals surface area contributed by atoms with Gasteiger partial charge in [-0.3, -0.25) is 9.80 Å². The summed E-state index contributed by atoms with van der Waals surface area (Å²) in [6.07, 6.45) is 9.89. The highest BCUT2D eigenvalue weighted by molar-refractivity contribution is 6.04. The predicted octanol–water partition coefficient (Wildman–Crippen LogP) is 7.45. The Hall–Kier alpha value is -4.99. The minimum absolute atomic E-state index is 0.000893. The van der Waals surface area contributed by atoms with Crippen molar-refractivity contribution in [2.45, 2.75) is 76.1 Å². The van der Waals surface area contributed by atoms with Crippen molar-refractivity contribution in [2.75, 3.05) is 51.6 Å². The maximum absolute atomic E-state index is 17.4. The molecule has 4 aliphatic rings. The first-order chi connectivity index (χ1) is 25.9. The Morgan fingerprint density at radius 2 is 1.89 bits per heavy atom. The Labute approximate surface area is 314 Å². The van der Waals surface area contributed by atoms with E-state index in [2.05, 4.69) is 22.4 Å². The fraction of sp³-hybridized carbons (Fsp3) is 0.452. The van der Waals surface area contributed by atoms with Gasteiger partial charge >= 0.3 is 12.1 Å². The lowest BCUT2D eigenvalue weighted by Crippen LogP contribution is -2.57. The third kappa shape index (κ3) is 6.37. The van der Waals surface area contributed by atoms with E-state index in [1.807, 2.05) is 36.6 Å². The summed E-state index contributed by atoms with van der Waals surface area (Å²) in [6, 6.07) is 9.64. The SMILES string of the molecule is C#Cc1cccc2cc(OCOC)cc(-c3c(F)cc4c(N5C[C@H]6CC[C@@H](C5)N6C(=O)OC(C)(C)C)nc(OCC56CCCN5CC(=C)C6)nc4c3F)c12. The van der Waals surface area contributed by atoms with Gasteiger partial charge in [0.05, 0.1) is 23.2 Å². The number of aromatic nitrogens is 2. The summed E-state index contributed by atoms with van der Waals surface area (Å²) < 4.78 is 57.2. The maximum Gasteiger partial charge on any atom is 0.410 e. The molecule has 12 heteroatoms. The number of hydrogen-bond donors (Lipinski definition) is 0.